The molecule has 0 saturated heterocycles. The van der Waals surface area contributed by atoms with E-state index in [1.165, 1.54) is 16.7 Å². The Bertz CT molecular complexity index is 281. The number of rotatable bonds is 5. The minimum atomic E-state index is -2.81. The van der Waals surface area contributed by atoms with E-state index < -0.39 is 5.92 Å². The fraction of sp³-hybridized carbons (Fsp3) is 0.667. The van der Waals surface area contributed by atoms with Crippen LogP contribution in [0.3, 0.4) is 0 Å². The predicted molar refractivity (Wildman–Crippen MR) is 53.9 cm³/mol. The number of aromatic nitrogens is 1. The van der Waals surface area contributed by atoms with Crippen LogP contribution in [0.1, 0.15) is 24.0 Å². The van der Waals surface area contributed by atoms with Crippen LogP contribution in [0.15, 0.2) is 5.38 Å². The lowest BCUT2D eigenvalue weighted by Gasteiger charge is -2.04. The van der Waals surface area contributed by atoms with Crippen LogP contribution in [0, 0.1) is 0 Å². The lowest BCUT2D eigenvalue weighted by Crippen LogP contribution is -2.09. The van der Waals surface area contributed by atoms with Crippen LogP contribution in [0.2, 0.25) is 0 Å². The van der Waals surface area contributed by atoms with Gasteiger partial charge >= 0.3 is 0 Å². The van der Waals surface area contributed by atoms with Gasteiger partial charge in [0.1, 0.15) is 5.69 Å². The molecule has 5 heteroatoms. The maximum Gasteiger partial charge on any atom is 0.287 e. The Morgan fingerprint density at radius 2 is 2.29 bits per heavy atom. The maximum absolute atomic E-state index is 12.8. The van der Waals surface area contributed by atoms with Crippen molar-refractivity contribution < 1.29 is 8.78 Å². The maximum atomic E-state index is 12.8. The molecular weight excluding hydrogens is 206 g/mol. The third kappa shape index (κ3) is 3.31. The van der Waals surface area contributed by atoms with Gasteiger partial charge in [-0.25, -0.2) is 4.98 Å². The molecule has 0 aromatic carbocycles. The van der Waals surface area contributed by atoms with E-state index in [4.69, 9.17) is 0 Å². The zero-order valence-corrected chi connectivity index (χ0v) is 9.13. The average molecular weight is 220 g/mol. The van der Waals surface area contributed by atoms with Gasteiger partial charge in [-0.2, -0.15) is 8.78 Å². The summed E-state index contributed by atoms with van der Waals surface area (Å²) in [6.45, 7) is 1.76. The summed E-state index contributed by atoms with van der Waals surface area (Å²) in [6.07, 6.45) is 1.69. The van der Waals surface area contributed by atoms with Crippen LogP contribution < -0.4 is 5.32 Å². The first-order chi connectivity index (χ1) is 6.54. The highest BCUT2D eigenvalue weighted by molar-refractivity contribution is 7.09. The number of aryl methyl sites for hydroxylation is 1. The second-order valence-corrected chi connectivity index (χ2v) is 4.16. The Balaban J connectivity index is 2.51. The fourth-order valence-electron chi connectivity index (χ4n) is 1.04. The molecule has 0 fully saturated rings. The van der Waals surface area contributed by atoms with Crippen molar-refractivity contribution in [3.8, 4) is 0 Å². The smallest absolute Gasteiger partial charge is 0.287 e. The fourth-order valence-corrected chi connectivity index (χ4v) is 1.96. The minimum Gasteiger partial charge on any atom is -0.320 e. The molecule has 1 N–H and O–H groups in total. The first kappa shape index (κ1) is 11.5. The molecule has 14 heavy (non-hydrogen) atoms. The van der Waals surface area contributed by atoms with E-state index >= 15 is 0 Å². The molecule has 0 saturated carbocycles. The SMILES string of the molecule is CNCCCc1nc(C(C)(F)F)cs1. The summed E-state index contributed by atoms with van der Waals surface area (Å²) in [5.41, 5.74) is -0.109. The summed E-state index contributed by atoms with van der Waals surface area (Å²) in [7, 11) is 1.87. The second-order valence-electron chi connectivity index (χ2n) is 3.22. The van der Waals surface area contributed by atoms with Gasteiger partial charge < -0.3 is 5.32 Å². The van der Waals surface area contributed by atoms with Gasteiger partial charge in [-0.1, -0.05) is 0 Å². The van der Waals surface area contributed by atoms with E-state index in [-0.39, 0.29) is 5.69 Å². The number of nitrogens with zero attached hydrogens (tertiary/aromatic N) is 1. The van der Waals surface area contributed by atoms with Gasteiger partial charge in [-0.05, 0) is 20.0 Å². The van der Waals surface area contributed by atoms with Crippen LogP contribution >= 0.6 is 11.3 Å². The molecule has 1 aromatic rings. The monoisotopic (exact) mass is 220 g/mol. The number of hydrogen-bond donors (Lipinski definition) is 1. The molecule has 0 aliphatic rings. The molecule has 0 aliphatic heterocycles. The molecule has 0 spiro atoms. The number of halogens is 2. The number of nitrogens with one attached hydrogen (secondary N) is 1. The van der Waals surface area contributed by atoms with Crippen molar-refractivity contribution in [2.75, 3.05) is 13.6 Å². The first-order valence-corrected chi connectivity index (χ1v) is 5.39. The van der Waals surface area contributed by atoms with Crippen molar-refractivity contribution >= 4 is 11.3 Å². The summed E-state index contributed by atoms with van der Waals surface area (Å²) in [6, 6.07) is 0. The van der Waals surface area contributed by atoms with E-state index in [9.17, 15) is 8.78 Å². The highest BCUT2D eigenvalue weighted by Crippen LogP contribution is 2.28. The second kappa shape index (κ2) is 4.79. The van der Waals surface area contributed by atoms with Gasteiger partial charge in [-0.15, -0.1) is 11.3 Å². The van der Waals surface area contributed by atoms with Gasteiger partial charge in [0.15, 0.2) is 0 Å². The van der Waals surface area contributed by atoms with E-state index in [1.54, 1.807) is 0 Å². The highest BCUT2D eigenvalue weighted by atomic mass is 32.1. The van der Waals surface area contributed by atoms with Crippen molar-refractivity contribution in [3.05, 3.63) is 16.1 Å². The van der Waals surface area contributed by atoms with Gasteiger partial charge in [-0.3, -0.25) is 0 Å². The van der Waals surface area contributed by atoms with E-state index in [2.05, 4.69) is 10.3 Å². The third-order valence-corrected chi connectivity index (χ3v) is 2.73. The summed E-state index contributed by atoms with van der Waals surface area (Å²) in [4.78, 5) is 3.89. The molecule has 80 valence electrons. The summed E-state index contributed by atoms with van der Waals surface area (Å²) in [5.74, 6) is -2.81. The summed E-state index contributed by atoms with van der Waals surface area (Å²) >= 11 is 1.31. The van der Waals surface area contributed by atoms with Crippen molar-refractivity contribution in [1.82, 2.24) is 10.3 Å². The quantitative estimate of drug-likeness (QED) is 0.771. The van der Waals surface area contributed by atoms with Crippen molar-refractivity contribution in [2.24, 2.45) is 0 Å². The summed E-state index contributed by atoms with van der Waals surface area (Å²) < 4.78 is 25.6. The van der Waals surface area contributed by atoms with Crippen LogP contribution in [0.4, 0.5) is 8.78 Å². The van der Waals surface area contributed by atoms with Crippen molar-refractivity contribution in [1.29, 1.82) is 0 Å². The average Bonchev–Trinajstić information content (AvgIpc) is 2.52. The zero-order valence-electron chi connectivity index (χ0n) is 8.31. The van der Waals surface area contributed by atoms with Crippen molar-refractivity contribution in [2.45, 2.75) is 25.7 Å². The Morgan fingerprint density at radius 3 is 2.79 bits per heavy atom. The van der Waals surface area contributed by atoms with Gasteiger partial charge in [0.25, 0.3) is 5.92 Å². The Kier molecular flexibility index (Phi) is 3.95. The van der Waals surface area contributed by atoms with Crippen LogP contribution in [0.25, 0.3) is 0 Å². The molecule has 0 bridgehead atoms. The molecule has 2 nitrogen and oxygen atoms in total. The first-order valence-electron chi connectivity index (χ1n) is 4.51. The normalized spacial score (nSPS) is 12.0. The molecule has 0 atom stereocenters. The van der Waals surface area contributed by atoms with E-state index in [0.29, 0.717) is 0 Å². The molecule has 0 radical (unpaired) electrons. The Hall–Kier alpha value is -0.550. The lowest BCUT2D eigenvalue weighted by molar-refractivity contribution is 0.0132. The molecule has 1 aromatic heterocycles. The third-order valence-electron chi connectivity index (χ3n) is 1.82. The minimum absolute atomic E-state index is 0.109. The lowest BCUT2D eigenvalue weighted by atomic mass is 10.3. The number of hydrogen-bond acceptors (Lipinski definition) is 3. The summed E-state index contributed by atoms with van der Waals surface area (Å²) in [5, 5.41) is 5.23. The van der Waals surface area contributed by atoms with E-state index in [0.717, 1.165) is 31.3 Å². The Labute approximate surface area is 86.4 Å². The van der Waals surface area contributed by atoms with Crippen LogP contribution in [-0.4, -0.2) is 18.6 Å². The molecule has 0 aliphatic carbocycles. The standard InChI is InChI=1S/C9H14F2N2S/c1-9(10,11)7-6-14-8(13-7)4-3-5-12-2/h6,12H,3-5H2,1-2H3. The van der Waals surface area contributed by atoms with Crippen LogP contribution in [0.5, 0.6) is 0 Å². The zero-order chi connectivity index (χ0) is 10.6. The topological polar surface area (TPSA) is 24.9 Å². The highest BCUT2D eigenvalue weighted by Gasteiger charge is 2.27. The van der Waals surface area contributed by atoms with E-state index in [1.807, 2.05) is 7.05 Å². The van der Waals surface area contributed by atoms with Gasteiger partial charge in [0.05, 0.1) is 5.01 Å². The molecule has 0 unspecified atom stereocenters. The number of alkyl halides is 2. The largest absolute Gasteiger partial charge is 0.320 e. The van der Waals surface area contributed by atoms with Crippen molar-refractivity contribution in [3.63, 3.8) is 0 Å². The Morgan fingerprint density at radius 1 is 1.57 bits per heavy atom. The molecule has 0 amide bonds. The molecular formula is C9H14F2N2S. The number of thiazole rings is 1. The molecule has 1 rings (SSSR count). The van der Waals surface area contributed by atoms with Crippen LogP contribution in [-0.2, 0) is 12.3 Å². The predicted octanol–water partition coefficient (Wildman–Crippen LogP) is 2.41. The van der Waals surface area contributed by atoms with Gasteiger partial charge in [0.2, 0.25) is 0 Å². The molecule has 1 heterocycles. The van der Waals surface area contributed by atoms with Gasteiger partial charge in [0, 0.05) is 18.7 Å².